The molecule has 3 heterocycles. The molecule has 4 aromatic rings. The maximum Gasteiger partial charge on any atom is 0.287 e. The molecule has 2 N–H and O–H groups in total. The van der Waals surface area contributed by atoms with Crippen molar-refractivity contribution in [2.45, 2.75) is 6.42 Å². The van der Waals surface area contributed by atoms with Crippen molar-refractivity contribution in [2.24, 2.45) is 0 Å². The minimum Gasteiger partial charge on any atom is -0.451 e. The second kappa shape index (κ2) is 8.10. The van der Waals surface area contributed by atoms with Crippen LogP contribution in [0.15, 0.2) is 62.9 Å². The zero-order chi connectivity index (χ0) is 19.3. The fourth-order valence-electron chi connectivity index (χ4n) is 2.68. The van der Waals surface area contributed by atoms with Crippen molar-refractivity contribution >= 4 is 34.1 Å². The lowest BCUT2D eigenvalue weighted by Gasteiger charge is -2.04. The van der Waals surface area contributed by atoms with Gasteiger partial charge in [-0.2, -0.15) is 0 Å². The van der Waals surface area contributed by atoms with Gasteiger partial charge in [-0.25, -0.2) is 0 Å². The molecule has 7 nitrogen and oxygen atoms in total. The van der Waals surface area contributed by atoms with E-state index in [0.717, 1.165) is 10.3 Å². The summed E-state index contributed by atoms with van der Waals surface area (Å²) >= 11 is 1.51. The van der Waals surface area contributed by atoms with Crippen molar-refractivity contribution in [3.8, 4) is 10.6 Å². The average molecular weight is 395 g/mol. The second-order valence-corrected chi connectivity index (χ2v) is 7.02. The summed E-state index contributed by atoms with van der Waals surface area (Å²) in [6.45, 7) is 0.815. The zero-order valence-corrected chi connectivity index (χ0v) is 15.6. The summed E-state index contributed by atoms with van der Waals surface area (Å²) in [6, 6.07) is 14.6. The molecule has 2 amide bonds. The third-order valence-electron chi connectivity index (χ3n) is 4.08. The third kappa shape index (κ3) is 3.96. The Labute approximate surface area is 164 Å². The van der Waals surface area contributed by atoms with E-state index in [4.69, 9.17) is 8.94 Å². The first-order valence-corrected chi connectivity index (χ1v) is 9.64. The lowest BCUT2D eigenvalue weighted by atomic mass is 10.2. The summed E-state index contributed by atoms with van der Waals surface area (Å²) in [5.74, 6) is 0.252. The molecule has 0 aliphatic carbocycles. The molecule has 28 heavy (non-hydrogen) atoms. The topological polar surface area (TPSA) is 97.4 Å². The number of thiophene rings is 1. The molecule has 0 radical (unpaired) electrons. The summed E-state index contributed by atoms with van der Waals surface area (Å²) in [5.41, 5.74) is 0.907. The number of carbonyl (C=O) groups excluding carboxylic acids is 2. The van der Waals surface area contributed by atoms with Gasteiger partial charge in [-0.1, -0.05) is 29.4 Å². The Hall–Kier alpha value is -3.39. The molecule has 0 unspecified atom stereocenters. The van der Waals surface area contributed by atoms with E-state index in [1.165, 1.54) is 11.3 Å². The van der Waals surface area contributed by atoms with Gasteiger partial charge in [-0.3, -0.25) is 9.59 Å². The van der Waals surface area contributed by atoms with Crippen LogP contribution in [0.5, 0.6) is 0 Å². The van der Waals surface area contributed by atoms with Gasteiger partial charge in [-0.15, -0.1) is 11.3 Å². The molecule has 4 rings (SSSR count). The van der Waals surface area contributed by atoms with E-state index in [-0.39, 0.29) is 23.3 Å². The van der Waals surface area contributed by atoms with Gasteiger partial charge >= 0.3 is 0 Å². The molecule has 0 spiro atoms. The number of aromatic nitrogens is 1. The molecule has 0 aliphatic heterocycles. The number of amides is 2. The normalized spacial score (nSPS) is 10.9. The Morgan fingerprint density at radius 2 is 1.82 bits per heavy atom. The van der Waals surface area contributed by atoms with Crippen LogP contribution in [0.2, 0.25) is 0 Å². The van der Waals surface area contributed by atoms with Crippen LogP contribution in [0.25, 0.3) is 21.6 Å². The highest BCUT2D eigenvalue weighted by Gasteiger charge is 2.14. The van der Waals surface area contributed by atoms with Gasteiger partial charge in [0.25, 0.3) is 11.8 Å². The number of para-hydroxylation sites is 1. The molecule has 142 valence electrons. The van der Waals surface area contributed by atoms with Crippen LogP contribution in [0.4, 0.5) is 0 Å². The van der Waals surface area contributed by atoms with Crippen molar-refractivity contribution in [3.05, 3.63) is 65.4 Å². The second-order valence-electron chi connectivity index (χ2n) is 6.07. The number of benzene rings is 1. The van der Waals surface area contributed by atoms with Gasteiger partial charge in [0.15, 0.2) is 17.2 Å². The van der Waals surface area contributed by atoms with Crippen molar-refractivity contribution in [2.75, 3.05) is 13.1 Å². The number of fused-ring (bicyclic) bond motifs is 1. The van der Waals surface area contributed by atoms with Crippen LogP contribution in [0.1, 0.15) is 27.5 Å². The van der Waals surface area contributed by atoms with Gasteiger partial charge in [0.1, 0.15) is 5.58 Å². The van der Waals surface area contributed by atoms with E-state index in [0.29, 0.717) is 30.9 Å². The molecular formula is C20H17N3O4S. The summed E-state index contributed by atoms with van der Waals surface area (Å²) in [4.78, 5) is 25.2. The Morgan fingerprint density at radius 1 is 1.00 bits per heavy atom. The largest absolute Gasteiger partial charge is 0.451 e. The minimum absolute atomic E-state index is 0.231. The Morgan fingerprint density at radius 3 is 2.61 bits per heavy atom. The molecular weight excluding hydrogens is 378 g/mol. The van der Waals surface area contributed by atoms with E-state index in [2.05, 4.69) is 15.8 Å². The quantitative estimate of drug-likeness (QED) is 0.465. The summed E-state index contributed by atoms with van der Waals surface area (Å²) in [7, 11) is 0. The van der Waals surface area contributed by atoms with E-state index in [1.54, 1.807) is 12.1 Å². The number of nitrogens with one attached hydrogen (secondary N) is 2. The number of hydrogen-bond donors (Lipinski definition) is 2. The third-order valence-corrected chi connectivity index (χ3v) is 4.97. The SMILES string of the molecule is O=C(NCCCNC(=O)c1cc2ccccc2o1)c1cc(-c2cccs2)on1. The maximum absolute atomic E-state index is 12.1. The van der Waals surface area contributed by atoms with Crippen LogP contribution in [0, 0.1) is 0 Å². The van der Waals surface area contributed by atoms with Gasteiger partial charge in [0, 0.05) is 24.5 Å². The summed E-state index contributed by atoms with van der Waals surface area (Å²) in [5, 5.41) is 12.1. The fourth-order valence-corrected chi connectivity index (χ4v) is 3.35. The monoisotopic (exact) mass is 395 g/mol. The highest BCUT2D eigenvalue weighted by molar-refractivity contribution is 7.13. The van der Waals surface area contributed by atoms with Crippen LogP contribution >= 0.6 is 11.3 Å². The molecule has 0 aliphatic rings. The van der Waals surface area contributed by atoms with Gasteiger partial charge < -0.3 is 19.6 Å². The van der Waals surface area contributed by atoms with Gasteiger partial charge in [-0.05, 0) is 30.0 Å². The number of hydrogen-bond acceptors (Lipinski definition) is 6. The molecule has 0 saturated carbocycles. The van der Waals surface area contributed by atoms with Crippen molar-refractivity contribution in [1.29, 1.82) is 0 Å². The van der Waals surface area contributed by atoms with E-state index >= 15 is 0 Å². The number of carbonyl (C=O) groups is 2. The highest BCUT2D eigenvalue weighted by atomic mass is 32.1. The number of rotatable bonds is 7. The smallest absolute Gasteiger partial charge is 0.287 e. The Kier molecular flexibility index (Phi) is 5.20. The average Bonchev–Trinajstić information content (AvgIpc) is 3.46. The first-order chi connectivity index (χ1) is 13.7. The first kappa shape index (κ1) is 18.0. The van der Waals surface area contributed by atoms with Crippen LogP contribution in [0.3, 0.4) is 0 Å². The van der Waals surface area contributed by atoms with Crippen LogP contribution < -0.4 is 10.6 Å². The molecule has 8 heteroatoms. The van der Waals surface area contributed by atoms with Crippen molar-refractivity contribution in [3.63, 3.8) is 0 Å². The Balaban J connectivity index is 1.21. The lowest BCUT2D eigenvalue weighted by Crippen LogP contribution is -2.29. The van der Waals surface area contributed by atoms with E-state index < -0.39 is 0 Å². The van der Waals surface area contributed by atoms with Gasteiger partial charge in [0.2, 0.25) is 0 Å². The van der Waals surface area contributed by atoms with Crippen molar-refractivity contribution < 1.29 is 18.5 Å². The van der Waals surface area contributed by atoms with E-state index in [9.17, 15) is 9.59 Å². The van der Waals surface area contributed by atoms with E-state index in [1.807, 2.05) is 41.8 Å². The number of nitrogens with zero attached hydrogens (tertiary/aromatic N) is 1. The Bertz CT molecular complexity index is 1060. The molecule has 0 bridgehead atoms. The highest BCUT2D eigenvalue weighted by Crippen LogP contribution is 2.25. The summed E-state index contributed by atoms with van der Waals surface area (Å²) < 4.78 is 10.7. The van der Waals surface area contributed by atoms with Crippen LogP contribution in [-0.2, 0) is 0 Å². The first-order valence-electron chi connectivity index (χ1n) is 8.76. The standard InChI is InChI=1S/C20H17N3O4S/c24-19(14-12-16(27-23-14)18-7-3-10-28-18)21-8-4-9-22-20(25)17-11-13-5-1-2-6-15(13)26-17/h1-3,5-7,10-12H,4,8-9H2,(H,21,24)(H,22,25). The number of furan rings is 1. The molecule has 0 saturated heterocycles. The molecule has 0 atom stereocenters. The predicted molar refractivity (Wildman–Crippen MR) is 105 cm³/mol. The molecule has 3 aromatic heterocycles. The minimum atomic E-state index is -0.310. The lowest BCUT2D eigenvalue weighted by molar-refractivity contribution is 0.0927. The molecule has 1 aromatic carbocycles. The van der Waals surface area contributed by atoms with Gasteiger partial charge in [0.05, 0.1) is 4.88 Å². The fraction of sp³-hybridized carbons (Fsp3) is 0.150. The van der Waals surface area contributed by atoms with Crippen LogP contribution in [-0.4, -0.2) is 30.1 Å². The van der Waals surface area contributed by atoms with Crippen molar-refractivity contribution in [1.82, 2.24) is 15.8 Å². The predicted octanol–water partition coefficient (Wildman–Crippen LogP) is 3.70. The zero-order valence-electron chi connectivity index (χ0n) is 14.8. The molecule has 0 fully saturated rings. The summed E-state index contributed by atoms with van der Waals surface area (Å²) in [6.07, 6.45) is 0.577. The maximum atomic E-state index is 12.1.